The first kappa shape index (κ1) is 19.5. The van der Waals surface area contributed by atoms with Crippen molar-refractivity contribution in [1.29, 1.82) is 0 Å². The van der Waals surface area contributed by atoms with Crippen molar-refractivity contribution >= 4 is 22.4 Å². The van der Waals surface area contributed by atoms with Crippen molar-refractivity contribution < 1.29 is 4.42 Å². The maximum Gasteiger partial charge on any atom is 0.252 e. The Balaban J connectivity index is 1.70. The van der Waals surface area contributed by atoms with Gasteiger partial charge in [-0.05, 0) is 56.8 Å². The van der Waals surface area contributed by atoms with E-state index in [0.717, 1.165) is 38.5 Å². The lowest BCUT2D eigenvalue weighted by Gasteiger charge is -2.12. The molecule has 1 aromatic carbocycles. The molecule has 0 aliphatic carbocycles. The van der Waals surface area contributed by atoms with Gasteiger partial charge < -0.3 is 4.42 Å². The molecular weight excluding hydrogens is 408 g/mol. The number of aromatic nitrogens is 4. The van der Waals surface area contributed by atoms with E-state index in [9.17, 15) is 4.79 Å². The van der Waals surface area contributed by atoms with E-state index in [1.165, 1.54) is 5.56 Å². The van der Waals surface area contributed by atoms with Crippen LogP contribution in [0.3, 0.4) is 0 Å². The molecule has 156 valence electrons. The third-order valence-corrected chi connectivity index (χ3v) is 6.36. The van der Waals surface area contributed by atoms with E-state index in [1.54, 1.807) is 22.0 Å². The zero-order valence-corrected chi connectivity index (χ0v) is 18.7. The number of aryl methyl sites for hydroxylation is 4. The lowest BCUT2D eigenvalue weighted by atomic mass is 10.1. The maximum absolute atomic E-state index is 13.1. The molecule has 0 fully saturated rings. The number of oxazole rings is 1. The Labute approximate surface area is 183 Å². The summed E-state index contributed by atoms with van der Waals surface area (Å²) in [5, 5.41) is 7.75. The average Bonchev–Trinajstić information content (AvgIpc) is 3.45. The molecule has 4 aromatic heterocycles. The molecule has 0 spiro atoms. The van der Waals surface area contributed by atoms with Crippen molar-refractivity contribution in [2.24, 2.45) is 0 Å². The molecule has 0 saturated carbocycles. The highest BCUT2D eigenvalue weighted by Crippen LogP contribution is 2.28. The van der Waals surface area contributed by atoms with Crippen LogP contribution in [0.5, 0.6) is 0 Å². The summed E-state index contributed by atoms with van der Waals surface area (Å²) in [7, 11) is 0. The lowest BCUT2D eigenvalue weighted by molar-refractivity contribution is 0.539. The Bertz CT molecular complexity index is 1450. The quantitative estimate of drug-likeness (QED) is 0.394. The van der Waals surface area contributed by atoms with Crippen LogP contribution in [0.25, 0.3) is 27.5 Å². The molecule has 0 unspecified atom stereocenters. The van der Waals surface area contributed by atoms with Gasteiger partial charge in [0.2, 0.25) is 5.89 Å². The fraction of sp³-hybridized carbons (Fsp3) is 0.208. The standard InChI is InChI=1S/C24H22N4O2S/c1-14-7-9-18(10-8-14)28-24-22(16(3)26-28)15(2)12-21(29)27(24)13-19-17(4)30-23(25-19)20-6-5-11-31-20/h5-12H,13H2,1-4H3. The van der Waals surface area contributed by atoms with Gasteiger partial charge in [-0.15, -0.1) is 11.3 Å². The van der Waals surface area contributed by atoms with Crippen LogP contribution in [-0.4, -0.2) is 19.3 Å². The number of nitrogens with zero attached hydrogens (tertiary/aromatic N) is 4. The van der Waals surface area contributed by atoms with Gasteiger partial charge in [0.1, 0.15) is 17.1 Å². The van der Waals surface area contributed by atoms with Gasteiger partial charge in [-0.1, -0.05) is 23.8 Å². The van der Waals surface area contributed by atoms with E-state index in [0.29, 0.717) is 18.2 Å². The topological polar surface area (TPSA) is 65.8 Å². The fourth-order valence-corrected chi connectivity index (χ4v) is 4.56. The molecule has 5 rings (SSSR count). The summed E-state index contributed by atoms with van der Waals surface area (Å²) in [6.45, 7) is 8.18. The van der Waals surface area contributed by atoms with E-state index in [2.05, 4.69) is 6.92 Å². The Kier molecular flexibility index (Phi) is 4.63. The van der Waals surface area contributed by atoms with Crippen LogP contribution in [0, 0.1) is 27.7 Å². The van der Waals surface area contributed by atoms with Gasteiger partial charge in [0, 0.05) is 11.5 Å². The Morgan fingerprint density at radius 1 is 1.06 bits per heavy atom. The van der Waals surface area contributed by atoms with Crippen molar-refractivity contribution in [2.75, 3.05) is 0 Å². The van der Waals surface area contributed by atoms with Gasteiger partial charge in [-0.25, -0.2) is 9.67 Å². The third kappa shape index (κ3) is 3.31. The molecule has 0 amide bonds. The monoisotopic (exact) mass is 430 g/mol. The van der Waals surface area contributed by atoms with Crippen molar-refractivity contribution in [3.8, 4) is 16.5 Å². The predicted molar refractivity (Wildman–Crippen MR) is 123 cm³/mol. The van der Waals surface area contributed by atoms with Gasteiger partial charge in [0.25, 0.3) is 5.56 Å². The zero-order valence-electron chi connectivity index (χ0n) is 17.8. The molecule has 0 aliphatic heterocycles. The Morgan fingerprint density at radius 3 is 2.55 bits per heavy atom. The largest absolute Gasteiger partial charge is 0.440 e. The van der Waals surface area contributed by atoms with Crippen LogP contribution in [0.2, 0.25) is 0 Å². The number of thiophene rings is 1. The van der Waals surface area contributed by atoms with Crippen LogP contribution in [0.15, 0.2) is 57.1 Å². The Hall–Kier alpha value is -3.45. The number of fused-ring (bicyclic) bond motifs is 1. The predicted octanol–water partition coefficient (Wildman–Crippen LogP) is 5.19. The molecule has 0 atom stereocenters. The molecule has 0 radical (unpaired) electrons. The summed E-state index contributed by atoms with van der Waals surface area (Å²) < 4.78 is 9.50. The normalized spacial score (nSPS) is 11.5. The van der Waals surface area contributed by atoms with Gasteiger partial charge in [-0.3, -0.25) is 9.36 Å². The minimum Gasteiger partial charge on any atom is -0.440 e. The van der Waals surface area contributed by atoms with Crippen molar-refractivity contribution in [3.63, 3.8) is 0 Å². The molecule has 5 aromatic rings. The second-order valence-electron chi connectivity index (χ2n) is 7.78. The van der Waals surface area contributed by atoms with Gasteiger partial charge in [0.15, 0.2) is 0 Å². The first-order valence-electron chi connectivity index (χ1n) is 10.1. The highest BCUT2D eigenvalue weighted by atomic mass is 32.1. The number of pyridine rings is 1. The van der Waals surface area contributed by atoms with Crippen LogP contribution >= 0.6 is 11.3 Å². The average molecular weight is 431 g/mol. The molecule has 4 heterocycles. The smallest absolute Gasteiger partial charge is 0.252 e. The molecule has 0 bridgehead atoms. The minimum absolute atomic E-state index is 0.0849. The van der Waals surface area contributed by atoms with E-state index in [1.807, 2.05) is 67.2 Å². The highest BCUT2D eigenvalue weighted by molar-refractivity contribution is 7.13. The molecule has 0 saturated heterocycles. The van der Waals surface area contributed by atoms with Crippen molar-refractivity contribution in [2.45, 2.75) is 34.2 Å². The molecular formula is C24H22N4O2S. The number of hydrogen-bond donors (Lipinski definition) is 0. The highest BCUT2D eigenvalue weighted by Gasteiger charge is 2.20. The summed E-state index contributed by atoms with van der Waals surface area (Å²) in [5.74, 6) is 1.30. The summed E-state index contributed by atoms with van der Waals surface area (Å²) >= 11 is 1.58. The Morgan fingerprint density at radius 2 is 1.84 bits per heavy atom. The summed E-state index contributed by atoms with van der Waals surface area (Å²) in [5.41, 5.74) is 5.32. The SMILES string of the molecule is Cc1ccc(-n2nc(C)c3c(C)cc(=O)n(Cc4nc(-c5cccs5)oc4C)c32)cc1. The van der Waals surface area contributed by atoms with Gasteiger partial charge >= 0.3 is 0 Å². The molecule has 0 N–H and O–H groups in total. The van der Waals surface area contributed by atoms with Gasteiger partial charge in [-0.2, -0.15) is 5.10 Å². The molecule has 7 heteroatoms. The summed E-state index contributed by atoms with van der Waals surface area (Å²) in [6.07, 6.45) is 0. The van der Waals surface area contributed by atoms with Crippen LogP contribution in [-0.2, 0) is 6.54 Å². The van der Waals surface area contributed by atoms with E-state index in [-0.39, 0.29) is 5.56 Å². The number of benzene rings is 1. The van der Waals surface area contributed by atoms with E-state index < -0.39 is 0 Å². The summed E-state index contributed by atoms with van der Waals surface area (Å²) in [4.78, 5) is 18.8. The minimum atomic E-state index is -0.0849. The third-order valence-electron chi connectivity index (χ3n) is 5.50. The number of hydrogen-bond acceptors (Lipinski definition) is 5. The lowest BCUT2D eigenvalue weighted by Crippen LogP contribution is -2.23. The van der Waals surface area contributed by atoms with Crippen LogP contribution in [0.4, 0.5) is 0 Å². The first-order chi connectivity index (χ1) is 14.9. The van der Waals surface area contributed by atoms with E-state index in [4.69, 9.17) is 14.5 Å². The summed E-state index contributed by atoms with van der Waals surface area (Å²) in [6, 6.07) is 13.8. The molecule has 0 aliphatic rings. The fourth-order valence-electron chi connectivity index (χ4n) is 3.91. The maximum atomic E-state index is 13.1. The number of rotatable bonds is 4. The van der Waals surface area contributed by atoms with Crippen LogP contribution in [0.1, 0.15) is 28.3 Å². The zero-order chi connectivity index (χ0) is 21.7. The first-order valence-corrected chi connectivity index (χ1v) is 11.0. The van der Waals surface area contributed by atoms with Crippen molar-refractivity contribution in [1.82, 2.24) is 19.3 Å². The van der Waals surface area contributed by atoms with Crippen molar-refractivity contribution in [3.05, 3.63) is 86.5 Å². The second-order valence-corrected chi connectivity index (χ2v) is 8.73. The molecule has 31 heavy (non-hydrogen) atoms. The van der Waals surface area contributed by atoms with E-state index >= 15 is 0 Å². The molecule has 6 nitrogen and oxygen atoms in total. The van der Waals surface area contributed by atoms with Crippen LogP contribution < -0.4 is 5.56 Å². The second kappa shape index (κ2) is 7.35. The van der Waals surface area contributed by atoms with Gasteiger partial charge in [0.05, 0.1) is 22.8 Å².